The van der Waals surface area contributed by atoms with Gasteiger partial charge in [0.2, 0.25) is 0 Å². The second-order valence-electron chi connectivity index (χ2n) is 23.8. The van der Waals surface area contributed by atoms with Crippen molar-refractivity contribution in [2.75, 3.05) is 9.80 Å². The first-order chi connectivity index (χ1) is 43.7. The maximum absolute atomic E-state index is 18.3. The second-order valence-corrected chi connectivity index (χ2v) is 28.1. The van der Waals surface area contributed by atoms with Crippen molar-refractivity contribution >= 4 is 118 Å². The zero-order valence-corrected chi connectivity index (χ0v) is 49.7. The number of anilines is 6. The zero-order valence-electron chi connectivity index (χ0n) is 48.7. The first-order valence-electron chi connectivity index (χ1n) is 30.2. The Morgan fingerprint density at radius 2 is 0.697 bits per heavy atom. The number of nitrogens with zero attached hydrogens (tertiary/aromatic N) is 2. The monoisotopic (exact) mass is 1160 g/mol. The Bertz CT molecular complexity index is 5510. The van der Waals surface area contributed by atoms with Crippen LogP contribution in [-0.4, -0.2) is 8.07 Å². The maximum Gasteiger partial charge on any atom is 0.155 e. The summed E-state index contributed by atoms with van der Waals surface area (Å²) >= 11 is 0. The molecule has 422 valence electrons. The summed E-state index contributed by atoms with van der Waals surface area (Å²) in [4.78, 5) is 4.19. The average molecular weight is 1170 g/mol. The summed E-state index contributed by atoms with van der Waals surface area (Å²) in [5, 5.41) is 10.9. The molecule has 0 amide bonds. The predicted molar refractivity (Wildman–Crippen MR) is 369 cm³/mol. The Kier molecular flexibility index (Phi) is 12.0. The maximum atomic E-state index is 18.3. The summed E-state index contributed by atoms with van der Waals surface area (Å²) in [7, 11) is -2.61. The van der Waals surface area contributed by atoms with Crippen LogP contribution in [0.25, 0.3) is 121 Å². The van der Waals surface area contributed by atoms with E-state index in [9.17, 15) is 0 Å². The smallest absolute Gasteiger partial charge is 0.155 e. The fourth-order valence-electron chi connectivity index (χ4n) is 14.0. The van der Waals surface area contributed by atoms with Crippen LogP contribution < -0.4 is 20.2 Å². The van der Waals surface area contributed by atoms with Gasteiger partial charge < -0.3 is 18.6 Å². The molecule has 0 N–H and O–H groups in total. The van der Waals surface area contributed by atoms with Gasteiger partial charge in [0, 0.05) is 55.4 Å². The van der Waals surface area contributed by atoms with Crippen LogP contribution in [0.5, 0.6) is 0 Å². The van der Waals surface area contributed by atoms with Crippen LogP contribution >= 0.6 is 0 Å². The highest BCUT2D eigenvalue weighted by Crippen LogP contribution is 2.49. The molecule has 0 bridgehead atoms. The van der Waals surface area contributed by atoms with Gasteiger partial charge >= 0.3 is 0 Å². The Labute approximate surface area is 514 Å². The summed E-state index contributed by atoms with van der Waals surface area (Å²) in [6.45, 7) is 4.88. The lowest BCUT2D eigenvalue weighted by molar-refractivity contribution is 0.632. The Balaban J connectivity index is 0.866. The lowest BCUT2D eigenvalue weighted by Crippen LogP contribution is -2.56. The molecule has 14 aromatic carbocycles. The van der Waals surface area contributed by atoms with E-state index in [1.54, 1.807) is 0 Å². The van der Waals surface area contributed by atoms with E-state index < -0.39 is 8.07 Å². The lowest BCUT2D eigenvalue weighted by atomic mass is 9.91. The largest absolute Gasteiger partial charge is 0.456 e. The SMILES string of the molecule is C[Si]1(C)c2cc(N(c3ccc4oc5ccccc5c4c3)c3cc(-c4ccccc4)cc(-c4ccccc4)c3F)ccc2-c2cc3ccc(N(c4ccc5oc6ccccc6c5c4)c4cc(-c5ccccc5)cc(-c5ccccc5)c4F)cc3c3cccc1c23. The van der Waals surface area contributed by atoms with E-state index in [1.807, 2.05) is 176 Å². The molecule has 2 aromatic heterocycles. The quantitative estimate of drug-likeness (QED) is 0.101. The van der Waals surface area contributed by atoms with Gasteiger partial charge in [0.05, 0.1) is 11.4 Å². The summed E-state index contributed by atoms with van der Waals surface area (Å²) in [6.07, 6.45) is 0. The standard InChI is InChI=1S/C82H54F2N2O2Si/c1-89(2)78-33-19-30-65-66-47-58(85(59-37-40-76-69(48-59)62-28-15-17-31-74(62)87-76)72-45-56(51-20-7-3-8-21-51)43-67(81(72)83)53-24-11-5-12-25-53)35-34-55(66)42-71(80(65)78)64-39-36-61(50-79(64)89)86(60-38-41-77-70(49-60)63-29-16-18-32-75(63)88-77)73-46-57(52-22-9-4-10-23-52)44-68(82(73)84)54-26-13-6-14-27-54/h3-50H,1-2H3. The minimum Gasteiger partial charge on any atom is -0.456 e. The van der Waals surface area contributed by atoms with Gasteiger partial charge in [-0.2, -0.15) is 0 Å². The molecule has 0 spiro atoms. The molecule has 0 unspecified atom stereocenters. The van der Waals surface area contributed by atoms with Gasteiger partial charge in [0.1, 0.15) is 30.4 Å². The topological polar surface area (TPSA) is 32.8 Å². The molecular weight excluding hydrogens is 1110 g/mol. The minimum atomic E-state index is -2.61. The molecule has 0 radical (unpaired) electrons. The molecule has 3 heterocycles. The number of fused-ring (bicyclic) bond motifs is 10. The molecule has 0 saturated heterocycles. The van der Waals surface area contributed by atoms with E-state index in [4.69, 9.17) is 8.83 Å². The van der Waals surface area contributed by atoms with E-state index in [2.05, 4.69) is 138 Å². The van der Waals surface area contributed by atoms with Gasteiger partial charge in [0.15, 0.2) is 11.6 Å². The Hall–Kier alpha value is -11.1. The van der Waals surface area contributed by atoms with Crippen molar-refractivity contribution in [1.29, 1.82) is 0 Å². The first-order valence-corrected chi connectivity index (χ1v) is 33.2. The van der Waals surface area contributed by atoms with Gasteiger partial charge in [-0.25, -0.2) is 8.78 Å². The number of benzene rings is 14. The van der Waals surface area contributed by atoms with E-state index in [0.717, 1.165) is 127 Å². The first kappa shape index (κ1) is 52.2. The van der Waals surface area contributed by atoms with Crippen LogP contribution in [0.15, 0.2) is 300 Å². The highest BCUT2D eigenvalue weighted by atomic mass is 28.3. The molecule has 0 saturated carbocycles. The molecule has 1 aliphatic rings. The fraction of sp³-hybridized carbons (Fsp3) is 0.0244. The second kappa shape index (κ2) is 20.5. The minimum absolute atomic E-state index is 0.319. The van der Waals surface area contributed by atoms with Gasteiger partial charge in [0.25, 0.3) is 0 Å². The molecule has 1 aliphatic heterocycles. The third-order valence-corrected chi connectivity index (χ3v) is 21.9. The molecule has 16 aromatic rings. The van der Waals surface area contributed by atoms with Crippen molar-refractivity contribution < 1.29 is 17.6 Å². The lowest BCUT2D eigenvalue weighted by Gasteiger charge is -2.36. The molecule has 7 heteroatoms. The van der Waals surface area contributed by atoms with Crippen molar-refractivity contribution in [3.8, 4) is 55.6 Å². The Morgan fingerprint density at radius 1 is 0.281 bits per heavy atom. The van der Waals surface area contributed by atoms with E-state index >= 15 is 8.78 Å². The summed E-state index contributed by atoms with van der Waals surface area (Å²) in [5.41, 5.74) is 15.9. The van der Waals surface area contributed by atoms with Gasteiger partial charge in [-0.1, -0.05) is 201 Å². The third kappa shape index (κ3) is 8.52. The van der Waals surface area contributed by atoms with Crippen molar-refractivity contribution in [2.45, 2.75) is 13.1 Å². The van der Waals surface area contributed by atoms with Gasteiger partial charge in [-0.05, 0) is 180 Å². The molecule has 17 rings (SSSR count). The molecule has 4 nitrogen and oxygen atoms in total. The van der Waals surface area contributed by atoms with Crippen molar-refractivity contribution in [2.24, 2.45) is 0 Å². The average Bonchev–Trinajstić information content (AvgIpc) is 1.49. The molecular formula is C82H54F2N2O2Si. The summed E-state index contributed by atoms with van der Waals surface area (Å²) in [6, 6.07) is 99.1. The van der Waals surface area contributed by atoms with E-state index in [0.29, 0.717) is 22.5 Å². The number of hydrogen-bond acceptors (Lipinski definition) is 4. The highest BCUT2D eigenvalue weighted by Gasteiger charge is 2.37. The molecule has 0 fully saturated rings. The third-order valence-electron chi connectivity index (χ3n) is 18.3. The van der Waals surface area contributed by atoms with Crippen LogP contribution in [0.3, 0.4) is 0 Å². The molecule has 0 atom stereocenters. The predicted octanol–water partition coefficient (Wildman–Crippen LogP) is 22.5. The highest BCUT2D eigenvalue weighted by molar-refractivity contribution is 7.03. The van der Waals surface area contributed by atoms with Crippen molar-refractivity contribution in [3.05, 3.63) is 303 Å². The Morgan fingerprint density at radius 3 is 1.21 bits per heavy atom. The summed E-state index contributed by atoms with van der Waals surface area (Å²) < 4.78 is 49.3. The fourth-order valence-corrected chi connectivity index (χ4v) is 17.1. The number of rotatable bonds is 10. The van der Waals surface area contributed by atoms with Crippen LogP contribution in [0.1, 0.15) is 0 Å². The van der Waals surface area contributed by atoms with E-state index in [-0.39, 0.29) is 11.6 Å². The number of halogens is 2. The normalized spacial score (nSPS) is 12.6. The zero-order chi connectivity index (χ0) is 59.5. The van der Waals surface area contributed by atoms with E-state index in [1.165, 1.54) is 15.8 Å². The van der Waals surface area contributed by atoms with Crippen LogP contribution in [0.2, 0.25) is 13.1 Å². The summed E-state index contributed by atoms with van der Waals surface area (Å²) in [5.74, 6) is -0.647. The van der Waals surface area contributed by atoms with Crippen LogP contribution in [0, 0.1) is 11.6 Å². The van der Waals surface area contributed by atoms with Crippen molar-refractivity contribution in [1.82, 2.24) is 0 Å². The van der Waals surface area contributed by atoms with Gasteiger partial charge in [-0.3, -0.25) is 0 Å². The van der Waals surface area contributed by atoms with Crippen molar-refractivity contribution in [3.63, 3.8) is 0 Å². The van der Waals surface area contributed by atoms with Gasteiger partial charge in [-0.15, -0.1) is 0 Å². The number of para-hydroxylation sites is 2. The van der Waals surface area contributed by atoms with Crippen LogP contribution in [0.4, 0.5) is 42.9 Å². The molecule has 89 heavy (non-hydrogen) atoms. The van der Waals surface area contributed by atoms with Crippen LogP contribution in [-0.2, 0) is 0 Å². The number of hydrogen-bond donors (Lipinski definition) is 0. The molecule has 0 aliphatic carbocycles. The number of furan rings is 2.